The summed E-state index contributed by atoms with van der Waals surface area (Å²) in [5.74, 6) is -1.70. The molecule has 4 unspecified atom stereocenters. The Morgan fingerprint density at radius 1 is 1.11 bits per heavy atom. The third-order valence-electron chi connectivity index (χ3n) is 6.12. The zero-order valence-electron chi connectivity index (χ0n) is 21.1. The van der Waals surface area contributed by atoms with Gasteiger partial charge in [0.1, 0.15) is 23.9 Å². The summed E-state index contributed by atoms with van der Waals surface area (Å²) in [5.41, 5.74) is 6.66. The summed E-state index contributed by atoms with van der Waals surface area (Å²) in [5, 5.41) is 24.6. The Kier molecular flexibility index (Phi) is 11.5. The number of carbonyl (C=O) groups is 4. The van der Waals surface area contributed by atoms with Crippen LogP contribution < -0.4 is 16.4 Å². The first-order chi connectivity index (χ1) is 17.0. The first kappa shape index (κ1) is 29.4. The van der Waals surface area contributed by atoms with E-state index in [4.69, 9.17) is 5.73 Å². The molecule has 11 heteroatoms. The Bertz CT molecular complexity index is 910. The average Bonchev–Trinajstić information content (AvgIpc) is 3.32. The van der Waals surface area contributed by atoms with Crippen LogP contribution in [-0.4, -0.2) is 81.5 Å². The van der Waals surface area contributed by atoms with Crippen molar-refractivity contribution in [3.63, 3.8) is 0 Å². The molecule has 4 atom stereocenters. The minimum absolute atomic E-state index is 0.0636. The lowest BCUT2D eigenvalue weighted by Crippen LogP contribution is -2.58. The summed E-state index contributed by atoms with van der Waals surface area (Å²) in [7, 11) is 0. The molecule has 36 heavy (non-hydrogen) atoms. The van der Waals surface area contributed by atoms with Crippen LogP contribution in [0.4, 0.5) is 0 Å². The number of likely N-dealkylation sites (tertiary alicyclic amines) is 1. The van der Waals surface area contributed by atoms with Gasteiger partial charge in [-0.3, -0.25) is 14.4 Å². The second-order valence-electron chi connectivity index (χ2n) is 9.54. The van der Waals surface area contributed by atoms with E-state index in [1.54, 1.807) is 23.9 Å². The molecule has 3 amide bonds. The predicted molar refractivity (Wildman–Crippen MR) is 138 cm³/mol. The van der Waals surface area contributed by atoms with Gasteiger partial charge in [-0.15, -0.1) is 0 Å². The summed E-state index contributed by atoms with van der Waals surface area (Å²) < 4.78 is 0. The third kappa shape index (κ3) is 8.70. The van der Waals surface area contributed by atoms with Crippen LogP contribution in [0.15, 0.2) is 24.3 Å². The number of carboxylic acid groups (broad SMARTS) is 1. The Labute approximate surface area is 216 Å². The summed E-state index contributed by atoms with van der Waals surface area (Å²) in [6.45, 7) is 4.12. The maximum atomic E-state index is 13.4. The molecule has 6 N–H and O–H groups in total. The number of nitrogens with zero attached hydrogens (tertiary/aromatic N) is 1. The molecule has 10 nitrogen and oxygen atoms in total. The molecule has 1 saturated heterocycles. The van der Waals surface area contributed by atoms with Gasteiger partial charge in [-0.05, 0) is 61.3 Å². The molecule has 0 bridgehead atoms. The number of phenols is 1. The van der Waals surface area contributed by atoms with Gasteiger partial charge < -0.3 is 31.5 Å². The monoisotopic (exact) mass is 522 g/mol. The zero-order chi connectivity index (χ0) is 26.8. The van der Waals surface area contributed by atoms with Crippen LogP contribution in [0.25, 0.3) is 0 Å². The lowest BCUT2D eigenvalue weighted by molar-refractivity contribution is -0.149. The number of aromatic hydroxyl groups is 1. The number of thioether (sulfide) groups is 1. The second-order valence-corrected chi connectivity index (χ2v) is 10.5. The van der Waals surface area contributed by atoms with Gasteiger partial charge in [0.2, 0.25) is 17.7 Å². The van der Waals surface area contributed by atoms with Gasteiger partial charge in [0, 0.05) is 13.0 Å². The van der Waals surface area contributed by atoms with E-state index in [1.807, 2.05) is 20.1 Å². The number of phenolic OH excluding ortho intramolecular Hbond substituents is 1. The topological polar surface area (TPSA) is 162 Å². The zero-order valence-corrected chi connectivity index (χ0v) is 21.9. The van der Waals surface area contributed by atoms with Crippen molar-refractivity contribution >= 4 is 35.5 Å². The maximum Gasteiger partial charge on any atom is 0.326 e. The van der Waals surface area contributed by atoms with Crippen molar-refractivity contribution in [2.45, 2.75) is 70.1 Å². The number of rotatable bonds is 13. The molecular weight excluding hydrogens is 484 g/mol. The Morgan fingerprint density at radius 2 is 1.75 bits per heavy atom. The molecule has 0 spiro atoms. The van der Waals surface area contributed by atoms with E-state index in [1.165, 1.54) is 17.0 Å². The lowest BCUT2D eigenvalue weighted by Gasteiger charge is -2.29. The fourth-order valence-corrected chi connectivity index (χ4v) is 4.67. The van der Waals surface area contributed by atoms with Crippen LogP contribution >= 0.6 is 11.8 Å². The molecule has 1 aromatic carbocycles. The van der Waals surface area contributed by atoms with Gasteiger partial charge in [0.25, 0.3) is 0 Å². The molecule has 2 rings (SSSR count). The minimum Gasteiger partial charge on any atom is -0.508 e. The third-order valence-corrected chi connectivity index (χ3v) is 6.77. The van der Waals surface area contributed by atoms with Crippen molar-refractivity contribution in [1.29, 1.82) is 0 Å². The Morgan fingerprint density at radius 3 is 2.33 bits per heavy atom. The Hall–Kier alpha value is -2.79. The number of hydrogen-bond donors (Lipinski definition) is 5. The number of nitrogens with two attached hydrogens (primary N) is 1. The van der Waals surface area contributed by atoms with E-state index in [0.717, 1.165) is 0 Å². The van der Waals surface area contributed by atoms with E-state index in [0.29, 0.717) is 37.0 Å². The average molecular weight is 523 g/mol. The molecular formula is C25H38N4O6S. The van der Waals surface area contributed by atoms with Crippen molar-refractivity contribution < 1.29 is 29.4 Å². The van der Waals surface area contributed by atoms with Crippen LogP contribution in [-0.2, 0) is 25.6 Å². The number of carboxylic acids is 1. The summed E-state index contributed by atoms with van der Waals surface area (Å²) in [6.07, 6.45) is 3.73. The van der Waals surface area contributed by atoms with Crippen LogP contribution in [0.3, 0.4) is 0 Å². The van der Waals surface area contributed by atoms with E-state index in [9.17, 15) is 29.4 Å². The van der Waals surface area contributed by atoms with Crippen LogP contribution in [0.5, 0.6) is 5.75 Å². The standard InChI is InChI=1S/C25H38N4O6S/c1-15(2)13-19(27-22(31)18(26)10-12-36-3)23(32)28-20(14-16-6-8-17(30)9-7-16)24(33)29-11-4-5-21(29)25(34)35/h6-9,15,18-21,30H,4-5,10-14,26H2,1-3H3,(H,27,31)(H,28,32)(H,34,35). The number of carbonyl (C=O) groups excluding carboxylic acids is 3. The highest BCUT2D eigenvalue weighted by Crippen LogP contribution is 2.20. The van der Waals surface area contributed by atoms with Crippen molar-refractivity contribution in [1.82, 2.24) is 15.5 Å². The van der Waals surface area contributed by atoms with E-state index in [-0.39, 0.29) is 24.6 Å². The molecule has 1 aromatic rings. The fraction of sp³-hybridized carbons (Fsp3) is 0.600. The van der Waals surface area contributed by atoms with Crippen molar-refractivity contribution in [3.05, 3.63) is 29.8 Å². The van der Waals surface area contributed by atoms with Gasteiger partial charge in [0.15, 0.2) is 0 Å². The van der Waals surface area contributed by atoms with Gasteiger partial charge in [-0.2, -0.15) is 11.8 Å². The van der Waals surface area contributed by atoms with Crippen LogP contribution in [0.2, 0.25) is 0 Å². The summed E-state index contributed by atoms with van der Waals surface area (Å²) in [4.78, 5) is 52.4. The molecule has 0 saturated carbocycles. The van der Waals surface area contributed by atoms with Crippen LogP contribution in [0.1, 0.15) is 45.1 Å². The minimum atomic E-state index is -1.08. The van der Waals surface area contributed by atoms with Crippen molar-refractivity contribution in [2.24, 2.45) is 11.7 Å². The molecule has 1 aliphatic heterocycles. The van der Waals surface area contributed by atoms with Gasteiger partial charge in [-0.25, -0.2) is 4.79 Å². The molecule has 0 aliphatic carbocycles. The molecule has 1 aliphatic rings. The summed E-state index contributed by atoms with van der Waals surface area (Å²) >= 11 is 1.57. The Balaban J connectivity index is 2.24. The molecule has 0 radical (unpaired) electrons. The quantitative estimate of drug-likeness (QED) is 0.257. The smallest absolute Gasteiger partial charge is 0.326 e. The van der Waals surface area contributed by atoms with E-state index in [2.05, 4.69) is 10.6 Å². The molecule has 200 valence electrons. The number of aliphatic carboxylic acids is 1. The SMILES string of the molecule is CSCCC(N)C(=O)NC(CC(C)C)C(=O)NC(Cc1ccc(O)cc1)C(=O)N1CCCC1C(=O)O. The first-order valence-corrected chi connectivity index (χ1v) is 13.6. The number of amides is 3. The molecule has 1 heterocycles. The van der Waals surface area contributed by atoms with Gasteiger partial charge in [-0.1, -0.05) is 26.0 Å². The summed E-state index contributed by atoms with van der Waals surface area (Å²) in [6, 6.07) is 2.59. The highest BCUT2D eigenvalue weighted by atomic mass is 32.2. The largest absolute Gasteiger partial charge is 0.508 e. The van der Waals surface area contributed by atoms with Crippen molar-refractivity contribution in [3.8, 4) is 5.75 Å². The lowest BCUT2D eigenvalue weighted by atomic mass is 10.00. The van der Waals surface area contributed by atoms with E-state index >= 15 is 0 Å². The normalized spacial score (nSPS) is 17.9. The molecule has 0 aromatic heterocycles. The fourth-order valence-electron chi connectivity index (χ4n) is 4.19. The van der Waals surface area contributed by atoms with Gasteiger partial charge >= 0.3 is 5.97 Å². The second kappa shape index (κ2) is 14.1. The number of benzene rings is 1. The maximum absolute atomic E-state index is 13.4. The first-order valence-electron chi connectivity index (χ1n) is 12.2. The van der Waals surface area contributed by atoms with Gasteiger partial charge in [0.05, 0.1) is 6.04 Å². The predicted octanol–water partition coefficient (Wildman–Crippen LogP) is 1.11. The number of hydrogen-bond acceptors (Lipinski definition) is 7. The molecule has 1 fully saturated rings. The number of nitrogens with one attached hydrogen (secondary N) is 2. The highest BCUT2D eigenvalue weighted by Gasteiger charge is 2.38. The van der Waals surface area contributed by atoms with E-state index < -0.39 is 47.9 Å². The van der Waals surface area contributed by atoms with Crippen LogP contribution in [0, 0.1) is 5.92 Å². The highest BCUT2D eigenvalue weighted by molar-refractivity contribution is 7.98. The van der Waals surface area contributed by atoms with Crippen molar-refractivity contribution in [2.75, 3.05) is 18.6 Å².